The number of aliphatic hydroxyl groups is 1. The lowest BCUT2D eigenvalue weighted by atomic mass is 10.2. The average molecular weight is 458 g/mol. The first-order valence-corrected chi connectivity index (χ1v) is 11.4. The van der Waals surface area contributed by atoms with Crippen LogP contribution in [0, 0.1) is 6.92 Å². The predicted octanol–water partition coefficient (Wildman–Crippen LogP) is 5.62. The molecule has 0 saturated carbocycles. The van der Waals surface area contributed by atoms with Gasteiger partial charge in [-0.15, -0.1) is 0 Å². The number of aliphatic hydroxyl groups excluding tert-OH is 1. The molecule has 3 aromatic rings. The molecule has 0 saturated heterocycles. The van der Waals surface area contributed by atoms with E-state index in [0.29, 0.717) is 41.9 Å². The number of hydrogen-bond acceptors (Lipinski definition) is 5. The number of aryl methyl sites for hydroxylation is 1. The lowest BCUT2D eigenvalue weighted by Gasteiger charge is -2.24. The molecule has 2 aromatic carbocycles. The number of methoxy groups -OCH3 is 1. The van der Waals surface area contributed by atoms with Crippen molar-refractivity contribution < 1.29 is 14.6 Å². The Hall–Kier alpha value is -2.54. The zero-order chi connectivity index (χ0) is 23.1. The number of ether oxygens (including phenoxy) is 2. The van der Waals surface area contributed by atoms with Gasteiger partial charge in [0.15, 0.2) is 11.5 Å². The second kappa shape index (κ2) is 11.4. The Morgan fingerprint density at radius 1 is 1.09 bits per heavy atom. The van der Waals surface area contributed by atoms with Crippen LogP contribution in [0.15, 0.2) is 48.5 Å². The molecular formula is C25H32ClN3O3. The van der Waals surface area contributed by atoms with Gasteiger partial charge in [-0.05, 0) is 62.7 Å². The molecule has 0 aliphatic rings. The molecule has 0 aliphatic carbocycles. The van der Waals surface area contributed by atoms with Crippen LogP contribution in [0.3, 0.4) is 0 Å². The van der Waals surface area contributed by atoms with Crippen LogP contribution < -0.4 is 9.47 Å². The normalized spacial score (nSPS) is 12.2. The Labute approximate surface area is 195 Å². The Bertz CT molecular complexity index is 1000. The average Bonchev–Trinajstić information content (AvgIpc) is 3.09. The minimum atomic E-state index is -0.369. The molecule has 7 heteroatoms. The van der Waals surface area contributed by atoms with Crippen molar-refractivity contribution in [2.75, 3.05) is 20.2 Å². The van der Waals surface area contributed by atoms with Crippen LogP contribution in [-0.2, 0) is 6.54 Å². The van der Waals surface area contributed by atoms with Crippen molar-refractivity contribution in [3.63, 3.8) is 0 Å². The van der Waals surface area contributed by atoms with Gasteiger partial charge in [0.1, 0.15) is 0 Å². The largest absolute Gasteiger partial charge is 0.493 e. The monoisotopic (exact) mass is 457 g/mol. The summed E-state index contributed by atoms with van der Waals surface area (Å²) < 4.78 is 13.7. The summed E-state index contributed by atoms with van der Waals surface area (Å²) in [4.78, 5) is 2.25. The molecule has 1 atom stereocenters. The number of para-hydroxylation sites is 2. The van der Waals surface area contributed by atoms with Crippen LogP contribution in [0.2, 0.25) is 5.02 Å². The van der Waals surface area contributed by atoms with Gasteiger partial charge < -0.3 is 14.6 Å². The minimum absolute atomic E-state index is 0.369. The predicted molar refractivity (Wildman–Crippen MR) is 128 cm³/mol. The third-order valence-corrected chi connectivity index (χ3v) is 5.60. The smallest absolute Gasteiger partial charge is 0.227 e. The van der Waals surface area contributed by atoms with Gasteiger partial charge in [0.05, 0.1) is 30.2 Å². The molecule has 0 amide bonds. The summed E-state index contributed by atoms with van der Waals surface area (Å²) >= 11 is 6.10. The fourth-order valence-electron chi connectivity index (χ4n) is 3.59. The van der Waals surface area contributed by atoms with Gasteiger partial charge in [-0.3, -0.25) is 4.90 Å². The van der Waals surface area contributed by atoms with Crippen LogP contribution in [0.5, 0.6) is 17.4 Å². The lowest BCUT2D eigenvalue weighted by molar-refractivity contribution is 0.105. The van der Waals surface area contributed by atoms with Crippen molar-refractivity contribution in [3.05, 3.63) is 64.8 Å². The van der Waals surface area contributed by atoms with Crippen LogP contribution >= 0.6 is 11.6 Å². The summed E-state index contributed by atoms with van der Waals surface area (Å²) in [7, 11) is 1.62. The number of aromatic nitrogens is 2. The van der Waals surface area contributed by atoms with Gasteiger partial charge in [0.25, 0.3) is 0 Å². The van der Waals surface area contributed by atoms with E-state index in [9.17, 15) is 5.11 Å². The summed E-state index contributed by atoms with van der Waals surface area (Å²) in [6.45, 7) is 8.21. The summed E-state index contributed by atoms with van der Waals surface area (Å²) in [5.74, 6) is 1.88. The maximum absolute atomic E-state index is 10.3. The van der Waals surface area contributed by atoms with E-state index in [0.717, 1.165) is 29.9 Å². The second-order valence-electron chi connectivity index (χ2n) is 7.81. The van der Waals surface area contributed by atoms with Crippen LogP contribution in [0.1, 0.15) is 37.9 Å². The van der Waals surface area contributed by atoms with Gasteiger partial charge in [-0.1, -0.05) is 37.6 Å². The standard InChI is InChI=1S/C25H32ClN3O3/c1-5-15-28(16-21(30)6-2)17-22-18(3)27-29(20-13-11-19(26)12-14-20)25(22)32-24-10-8-7-9-23(24)31-4/h7-14,21,30H,5-6,15-17H2,1-4H3/t21-/m0/s1. The minimum Gasteiger partial charge on any atom is -0.493 e. The first-order valence-electron chi connectivity index (χ1n) is 11.0. The summed E-state index contributed by atoms with van der Waals surface area (Å²) in [6.07, 6.45) is 1.34. The molecule has 0 fully saturated rings. The molecule has 1 aromatic heterocycles. The highest BCUT2D eigenvalue weighted by Gasteiger charge is 2.23. The first-order chi connectivity index (χ1) is 15.5. The van der Waals surface area contributed by atoms with Crippen molar-refractivity contribution in [1.29, 1.82) is 0 Å². The number of halogens is 1. The van der Waals surface area contributed by atoms with Gasteiger partial charge in [-0.25, -0.2) is 4.68 Å². The second-order valence-corrected chi connectivity index (χ2v) is 8.24. The lowest BCUT2D eigenvalue weighted by Crippen LogP contribution is -2.32. The highest BCUT2D eigenvalue weighted by molar-refractivity contribution is 6.30. The molecule has 0 radical (unpaired) electrons. The molecule has 172 valence electrons. The zero-order valence-corrected chi connectivity index (χ0v) is 20.0. The van der Waals surface area contributed by atoms with Crippen molar-refractivity contribution in [3.8, 4) is 23.1 Å². The molecule has 3 rings (SSSR count). The first kappa shape index (κ1) is 24.1. The maximum atomic E-state index is 10.3. The van der Waals surface area contributed by atoms with Crippen LogP contribution in [0.4, 0.5) is 0 Å². The summed E-state index contributed by atoms with van der Waals surface area (Å²) in [5, 5.41) is 15.7. The Balaban J connectivity index is 2.06. The molecule has 0 bridgehead atoms. The fourth-order valence-corrected chi connectivity index (χ4v) is 3.72. The molecule has 32 heavy (non-hydrogen) atoms. The number of benzene rings is 2. The van der Waals surface area contributed by atoms with Gasteiger partial charge in [0, 0.05) is 18.1 Å². The number of hydrogen-bond donors (Lipinski definition) is 1. The molecule has 1 N–H and O–H groups in total. The maximum Gasteiger partial charge on any atom is 0.227 e. The molecular weight excluding hydrogens is 426 g/mol. The Morgan fingerprint density at radius 3 is 2.41 bits per heavy atom. The van der Waals surface area contributed by atoms with E-state index in [2.05, 4.69) is 11.8 Å². The summed E-state index contributed by atoms with van der Waals surface area (Å²) in [6, 6.07) is 15.1. The van der Waals surface area contributed by atoms with Gasteiger partial charge >= 0.3 is 0 Å². The van der Waals surface area contributed by atoms with Gasteiger partial charge in [0.2, 0.25) is 5.88 Å². The Kier molecular flexibility index (Phi) is 8.56. The SMILES string of the molecule is CCCN(Cc1c(C)nn(-c2ccc(Cl)cc2)c1Oc1ccccc1OC)C[C@@H](O)CC. The van der Waals surface area contributed by atoms with E-state index in [1.54, 1.807) is 11.8 Å². The molecule has 0 unspecified atom stereocenters. The number of nitrogens with zero attached hydrogens (tertiary/aromatic N) is 3. The highest BCUT2D eigenvalue weighted by Crippen LogP contribution is 2.36. The van der Waals surface area contributed by atoms with E-state index in [4.69, 9.17) is 26.2 Å². The van der Waals surface area contributed by atoms with E-state index in [-0.39, 0.29) is 6.10 Å². The third kappa shape index (κ3) is 5.82. The molecule has 0 aliphatic heterocycles. The van der Waals surface area contributed by atoms with Crippen molar-refractivity contribution in [2.45, 2.75) is 46.3 Å². The van der Waals surface area contributed by atoms with Crippen molar-refractivity contribution in [2.24, 2.45) is 0 Å². The van der Waals surface area contributed by atoms with Crippen LogP contribution in [0.25, 0.3) is 5.69 Å². The van der Waals surface area contributed by atoms with E-state index < -0.39 is 0 Å². The molecule has 1 heterocycles. The summed E-state index contributed by atoms with van der Waals surface area (Å²) in [5.41, 5.74) is 2.70. The van der Waals surface area contributed by atoms with Gasteiger partial charge in [-0.2, -0.15) is 5.10 Å². The van der Waals surface area contributed by atoms with Crippen molar-refractivity contribution >= 4 is 11.6 Å². The Morgan fingerprint density at radius 2 is 1.78 bits per heavy atom. The quantitative estimate of drug-likeness (QED) is 0.405. The molecule has 6 nitrogen and oxygen atoms in total. The van der Waals surface area contributed by atoms with E-state index >= 15 is 0 Å². The van der Waals surface area contributed by atoms with Crippen molar-refractivity contribution in [1.82, 2.24) is 14.7 Å². The highest BCUT2D eigenvalue weighted by atomic mass is 35.5. The zero-order valence-electron chi connectivity index (χ0n) is 19.2. The molecule has 0 spiro atoms. The van der Waals surface area contributed by atoms with E-state index in [1.165, 1.54) is 0 Å². The van der Waals surface area contributed by atoms with Crippen LogP contribution in [-0.4, -0.2) is 46.1 Å². The van der Waals surface area contributed by atoms with E-state index in [1.807, 2.05) is 62.4 Å². The number of rotatable bonds is 11. The third-order valence-electron chi connectivity index (χ3n) is 5.35. The topological polar surface area (TPSA) is 59.8 Å². The fraction of sp³-hybridized carbons (Fsp3) is 0.400.